The molecule has 0 fully saturated rings. The van der Waals surface area contributed by atoms with E-state index in [-0.39, 0.29) is 11.7 Å². The van der Waals surface area contributed by atoms with Crippen LogP contribution in [0.25, 0.3) is 6.08 Å². The van der Waals surface area contributed by atoms with Crippen molar-refractivity contribution in [1.82, 2.24) is 15.1 Å². The second-order valence-corrected chi connectivity index (χ2v) is 6.61. The van der Waals surface area contributed by atoms with Gasteiger partial charge in [0.05, 0.1) is 6.54 Å². The smallest absolute Gasteiger partial charge is 0.244 e. The number of rotatable bonds is 6. The number of nitrogens with one attached hydrogen (secondary N) is 1. The normalized spacial score (nSPS) is 11.0. The van der Waals surface area contributed by atoms with Gasteiger partial charge in [-0.15, -0.1) is 0 Å². The summed E-state index contributed by atoms with van der Waals surface area (Å²) < 4.78 is 16.3. The Balaban J connectivity index is 1.63. The summed E-state index contributed by atoms with van der Waals surface area (Å²) in [5.74, 6) is -0.653. The summed E-state index contributed by atoms with van der Waals surface area (Å²) in [6, 6.07) is 14.3. The van der Waals surface area contributed by atoms with Crippen molar-refractivity contribution in [3.63, 3.8) is 0 Å². The van der Waals surface area contributed by atoms with E-state index in [9.17, 15) is 9.18 Å². The third-order valence-electron chi connectivity index (χ3n) is 3.84. The van der Waals surface area contributed by atoms with Gasteiger partial charge in [0.25, 0.3) is 0 Å². The summed E-state index contributed by atoms with van der Waals surface area (Å²) in [6.07, 6.45) is 6.42. The van der Waals surface area contributed by atoms with Crippen LogP contribution in [-0.2, 0) is 17.9 Å². The Bertz CT molecular complexity index is 923. The summed E-state index contributed by atoms with van der Waals surface area (Å²) in [7, 11) is 0. The first-order valence-electron chi connectivity index (χ1n) is 8.07. The fourth-order valence-electron chi connectivity index (χ4n) is 2.50. The van der Waals surface area contributed by atoms with Gasteiger partial charge in [0, 0.05) is 35.1 Å². The number of hydrogen-bond donors (Lipinski definition) is 1. The Hall–Kier alpha value is -2.73. The maximum atomic E-state index is 13.7. The highest BCUT2D eigenvalue weighted by Crippen LogP contribution is 2.16. The molecule has 0 saturated carbocycles. The zero-order chi connectivity index (χ0) is 18.4. The molecule has 1 aromatic heterocycles. The van der Waals surface area contributed by atoms with Crippen molar-refractivity contribution in [2.75, 3.05) is 0 Å². The molecule has 0 saturated heterocycles. The van der Waals surface area contributed by atoms with Crippen molar-refractivity contribution in [2.45, 2.75) is 13.1 Å². The van der Waals surface area contributed by atoms with Gasteiger partial charge in [-0.2, -0.15) is 5.10 Å². The van der Waals surface area contributed by atoms with Crippen molar-refractivity contribution in [1.29, 1.82) is 0 Å². The van der Waals surface area contributed by atoms with E-state index in [4.69, 9.17) is 0 Å². The maximum absolute atomic E-state index is 13.7. The Morgan fingerprint density at radius 1 is 1.19 bits per heavy atom. The van der Waals surface area contributed by atoms with E-state index < -0.39 is 0 Å². The third kappa shape index (κ3) is 4.89. The molecular weight excluding hydrogens is 397 g/mol. The highest BCUT2D eigenvalue weighted by atomic mass is 79.9. The number of carbonyl (C=O) groups is 1. The largest absolute Gasteiger partial charge is 0.348 e. The van der Waals surface area contributed by atoms with Gasteiger partial charge in [0.2, 0.25) is 5.91 Å². The summed E-state index contributed by atoms with van der Waals surface area (Å²) in [6.45, 7) is 1.03. The highest BCUT2D eigenvalue weighted by molar-refractivity contribution is 9.10. The quantitative estimate of drug-likeness (QED) is 0.616. The Labute approximate surface area is 159 Å². The number of benzene rings is 2. The van der Waals surface area contributed by atoms with Crippen LogP contribution in [-0.4, -0.2) is 15.7 Å². The molecule has 0 bridgehead atoms. The lowest BCUT2D eigenvalue weighted by Crippen LogP contribution is -2.21. The van der Waals surface area contributed by atoms with Gasteiger partial charge < -0.3 is 5.32 Å². The number of nitrogens with zero attached hydrogens (tertiary/aromatic N) is 2. The lowest BCUT2D eigenvalue weighted by Gasteiger charge is -2.10. The second-order valence-electron chi connectivity index (χ2n) is 5.69. The molecule has 0 spiro atoms. The molecule has 132 valence electrons. The molecule has 0 radical (unpaired) electrons. The number of aromatic nitrogens is 2. The lowest BCUT2D eigenvalue weighted by molar-refractivity contribution is -0.116. The topological polar surface area (TPSA) is 46.9 Å². The van der Waals surface area contributed by atoms with Crippen molar-refractivity contribution in [3.8, 4) is 0 Å². The lowest BCUT2D eigenvalue weighted by atomic mass is 10.1. The predicted octanol–water partition coefficient (Wildman–Crippen LogP) is 4.16. The van der Waals surface area contributed by atoms with Gasteiger partial charge in [0.1, 0.15) is 5.82 Å². The summed E-state index contributed by atoms with van der Waals surface area (Å²) in [4.78, 5) is 12.1. The Morgan fingerprint density at radius 2 is 2.00 bits per heavy atom. The van der Waals surface area contributed by atoms with Crippen molar-refractivity contribution in [3.05, 3.63) is 94.0 Å². The van der Waals surface area contributed by atoms with Crippen molar-refractivity contribution < 1.29 is 9.18 Å². The minimum atomic E-state index is -0.373. The van der Waals surface area contributed by atoms with Crippen LogP contribution in [0.2, 0.25) is 0 Å². The van der Waals surface area contributed by atoms with Crippen LogP contribution in [0, 0.1) is 5.82 Å². The Kier molecular flexibility index (Phi) is 5.96. The minimum Gasteiger partial charge on any atom is -0.348 e. The van der Waals surface area contributed by atoms with Gasteiger partial charge in [-0.3, -0.25) is 9.48 Å². The summed E-state index contributed by atoms with van der Waals surface area (Å²) >= 11 is 3.29. The fraction of sp³-hybridized carbons (Fsp3) is 0.100. The van der Waals surface area contributed by atoms with Crippen LogP contribution < -0.4 is 5.32 Å². The fourth-order valence-corrected chi connectivity index (χ4v) is 2.88. The molecule has 0 aliphatic rings. The molecule has 0 aliphatic carbocycles. The van der Waals surface area contributed by atoms with Gasteiger partial charge in [-0.05, 0) is 41.5 Å². The standard InChI is InChI=1S/C20H17BrFN3O/c21-18-7-8-19(22)15(12-18)6-9-20(26)23-13-16-4-1-2-5-17(16)14-25-11-3-10-24-25/h1-12H,13-14H2,(H,23,26)/b9-6+. The maximum Gasteiger partial charge on any atom is 0.244 e. The molecule has 0 aliphatic heterocycles. The van der Waals surface area contributed by atoms with Crippen molar-refractivity contribution >= 4 is 27.9 Å². The molecule has 0 unspecified atom stereocenters. The van der Waals surface area contributed by atoms with Crippen LogP contribution >= 0.6 is 15.9 Å². The molecule has 4 nitrogen and oxygen atoms in total. The molecule has 1 amide bonds. The van der Waals surface area contributed by atoms with E-state index in [1.807, 2.05) is 41.2 Å². The number of carbonyl (C=O) groups excluding carboxylic acids is 1. The monoisotopic (exact) mass is 413 g/mol. The van der Waals surface area contributed by atoms with Crippen LogP contribution in [0.4, 0.5) is 4.39 Å². The average Bonchev–Trinajstić information content (AvgIpc) is 3.15. The van der Waals surface area contributed by atoms with Crippen LogP contribution in [0.1, 0.15) is 16.7 Å². The molecule has 6 heteroatoms. The van der Waals surface area contributed by atoms with E-state index >= 15 is 0 Å². The Morgan fingerprint density at radius 3 is 2.77 bits per heavy atom. The van der Waals surface area contributed by atoms with E-state index in [1.165, 1.54) is 18.2 Å². The van der Waals surface area contributed by atoms with Gasteiger partial charge >= 0.3 is 0 Å². The van der Waals surface area contributed by atoms with Crippen LogP contribution in [0.15, 0.2) is 71.5 Å². The van der Waals surface area contributed by atoms with Gasteiger partial charge in [-0.1, -0.05) is 40.2 Å². The third-order valence-corrected chi connectivity index (χ3v) is 4.33. The predicted molar refractivity (Wildman–Crippen MR) is 103 cm³/mol. The molecule has 26 heavy (non-hydrogen) atoms. The molecule has 2 aromatic carbocycles. The van der Waals surface area contributed by atoms with E-state index in [0.29, 0.717) is 18.7 Å². The van der Waals surface area contributed by atoms with Gasteiger partial charge in [-0.25, -0.2) is 4.39 Å². The summed E-state index contributed by atoms with van der Waals surface area (Å²) in [5, 5.41) is 7.04. The number of halogens is 2. The number of hydrogen-bond acceptors (Lipinski definition) is 2. The SMILES string of the molecule is O=C(/C=C/c1cc(Br)ccc1F)NCc1ccccc1Cn1cccn1. The average molecular weight is 414 g/mol. The molecular formula is C20H17BrFN3O. The minimum absolute atomic E-state index is 0.279. The molecule has 1 heterocycles. The first kappa shape index (κ1) is 18.1. The van der Waals surface area contributed by atoms with Gasteiger partial charge in [0.15, 0.2) is 0 Å². The van der Waals surface area contributed by atoms with E-state index in [1.54, 1.807) is 18.3 Å². The van der Waals surface area contributed by atoms with E-state index in [0.717, 1.165) is 15.6 Å². The molecule has 3 rings (SSSR count). The second kappa shape index (κ2) is 8.58. The molecule has 1 N–H and O–H groups in total. The van der Waals surface area contributed by atoms with E-state index in [2.05, 4.69) is 26.3 Å². The van der Waals surface area contributed by atoms with Crippen LogP contribution in [0.3, 0.4) is 0 Å². The highest BCUT2D eigenvalue weighted by Gasteiger charge is 2.05. The zero-order valence-corrected chi connectivity index (χ0v) is 15.5. The first-order chi connectivity index (χ1) is 12.6. The van der Waals surface area contributed by atoms with Crippen molar-refractivity contribution in [2.24, 2.45) is 0 Å². The number of amides is 1. The van der Waals surface area contributed by atoms with Crippen LogP contribution in [0.5, 0.6) is 0 Å². The molecule has 0 atom stereocenters. The zero-order valence-electron chi connectivity index (χ0n) is 13.9. The molecule has 3 aromatic rings. The summed E-state index contributed by atoms with van der Waals surface area (Å²) in [5.41, 5.74) is 2.45. The first-order valence-corrected chi connectivity index (χ1v) is 8.86.